The van der Waals surface area contributed by atoms with Gasteiger partial charge in [-0.1, -0.05) is 60.7 Å². The number of hydrogen-bond donors (Lipinski definition) is 0. The van der Waals surface area contributed by atoms with Gasteiger partial charge in [0, 0.05) is 5.56 Å². The summed E-state index contributed by atoms with van der Waals surface area (Å²) >= 11 is 0. The van der Waals surface area contributed by atoms with E-state index < -0.39 is 10.4 Å². The minimum Gasteiger partial charge on any atom is -0.352 e. The Labute approximate surface area is 145 Å². The molecule has 0 saturated heterocycles. The fourth-order valence-corrected chi connectivity index (χ4v) is 2.62. The molecule has 0 unspecified atom stereocenters. The van der Waals surface area contributed by atoms with Crippen LogP contribution >= 0.6 is 0 Å². The molecule has 0 spiro atoms. The molecule has 2 aromatic carbocycles. The Kier molecular flexibility index (Phi) is 5.00. The summed E-state index contributed by atoms with van der Waals surface area (Å²) in [5.74, 6) is 0.112. The van der Waals surface area contributed by atoms with E-state index in [0.29, 0.717) is 5.56 Å². The van der Waals surface area contributed by atoms with Crippen LogP contribution in [0.25, 0.3) is 11.8 Å². The van der Waals surface area contributed by atoms with Crippen molar-refractivity contribution in [1.82, 2.24) is 15.0 Å². The summed E-state index contributed by atoms with van der Waals surface area (Å²) in [6, 6.07) is 17.6. The van der Waals surface area contributed by atoms with Gasteiger partial charge in [-0.05, 0) is 11.6 Å². The molecule has 0 N–H and O–H groups in total. The molecular formula is C17H13N3O4S. The molecule has 0 fully saturated rings. The molecular weight excluding hydrogens is 342 g/mol. The largest absolute Gasteiger partial charge is 0.503 e. The third-order valence-corrected chi connectivity index (χ3v) is 3.73. The van der Waals surface area contributed by atoms with Crippen LogP contribution in [0.4, 0.5) is 0 Å². The molecule has 126 valence electrons. The van der Waals surface area contributed by atoms with Gasteiger partial charge in [-0.2, -0.15) is 9.97 Å². The lowest BCUT2D eigenvalue weighted by atomic mass is 10.1. The van der Waals surface area contributed by atoms with Gasteiger partial charge < -0.3 is 8.37 Å². The molecule has 0 radical (unpaired) electrons. The molecule has 1 heterocycles. The molecule has 0 atom stereocenters. The van der Waals surface area contributed by atoms with Crippen molar-refractivity contribution in [2.45, 2.75) is 0 Å². The van der Waals surface area contributed by atoms with Crippen molar-refractivity contribution >= 4 is 22.2 Å². The summed E-state index contributed by atoms with van der Waals surface area (Å²) in [6.45, 7) is 0. The normalized spacial score (nSPS) is 11.8. The maximum atomic E-state index is 12.2. The molecule has 1 aromatic heterocycles. The van der Waals surface area contributed by atoms with Gasteiger partial charge in [-0.25, -0.2) is 4.98 Å². The van der Waals surface area contributed by atoms with Crippen LogP contribution in [0, 0.1) is 0 Å². The second kappa shape index (κ2) is 7.54. The Balaban J connectivity index is 1.91. The van der Waals surface area contributed by atoms with Crippen LogP contribution < -0.4 is 4.18 Å². The van der Waals surface area contributed by atoms with Gasteiger partial charge in [-0.15, -0.1) is 8.42 Å². The van der Waals surface area contributed by atoms with E-state index in [0.717, 1.165) is 18.2 Å². The first-order valence-corrected chi connectivity index (χ1v) is 8.54. The summed E-state index contributed by atoms with van der Waals surface area (Å²) in [7, 11) is -4.42. The van der Waals surface area contributed by atoms with Crippen LogP contribution in [0.5, 0.6) is 6.01 Å². The molecule has 25 heavy (non-hydrogen) atoms. The monoisotopic (exact) mass is 355 g/mol. The number of aromatic nitrogens is 3. The zero-order valence-electron chi connectivity index (χ0n) is 12.9. The molecule has 3 aromatic rings. The second-order valence-electron chi connectivity index (χ2n) is 4.78. The lowest BCUT2D eigenvalue weighted by Crippen LogP contribution is -2.14. The Hall–Kier alpha value is -3.26. The Morgan fingerprint density at radius 3 is 2.12 bits per heavy atom. The topological polar surface area (TPSA) is 91.3 Å². The molecule has 0 bridgehead atoms. The van der Waals surface area contributed by atoms with Gasteiger partial charge in [0.25, 0.3) is 0 Å². The third kappa shape index (κ3) is 4.85. The van der Waals surface area contributed by atoms with E-state index in [9.17, 15) is 8.42 Å². The van der Waals surface area contributed by atoms with Gasteiger partial charge in [-0.3, -0.25) is 0 Å². The van der Waals surface area contributed by atoms with Gasteiger partial charge in [0.2, 0.25) is 0 Å². The minimum atomic E-state index is -4.42. The van der Waals surface area contributed by atoms with Crippen molar-refractivity contribution in [3.8, 4) is 6.01 Å². The number of rotatable bonds is 6. The highest BCUT2D eigenvalue weighted by Gasteiger charge is 2.20. The molecule has 0 aliphatic rings. The molecule has 3 rings (SSSR count). The number of benzene rings is 2. The Morgan fingerprint density at radius 2 is 1.48 bits per heavy atom. The van der Waals surface area contributed by atoms with E-state index in [2.05, 4.69) is 15.0 Å². The predicted octanol–water partition coefficient (Wildman–Crippen LogP) is 2.71. The Morgan fingerprint density at radius 1 is 0.880 bits per heavy atom. The van der Waals surface area contributed by atoms with Crippen LogP contribution in [0.2, 0.25) is 0 Å². The van der Waals surface area contributed by atoms with Crippen LogP contribution in [0.3, 0.4) is 0 Å². The van der Waals surface area contributed by atoms with Crippen LogP contribution in [-0.2, 0) is 14.6 Å². The molecule has 0 saturated carbocycles. The van der Waals surface area contributed by atoms with Crippen molar-refractivity contribution in [3.63, 3.8) is 0 Å². The second-order valence-corrected chi connectivity index (χ2v) is 5.93. The average Bonchev–Trinajstić information content (AvgIpc) is 2.63. The summed E-state index contributed by atoms with van der Waals surface area (Å²) < 4.78 is 34.3. The molecule has 7 nitrogen and oxygen atoms in total. The summed E-state index contributed by atoms with van der Waals surface area (Å²) in [6.07, 6.45) is 3.84. The lowest BCUT2D eigenvalue weighted by Gasteiger charge is -2.10. The van der Waals surface area contributed by atoms with Gasteiger partial charge in [0.05, 0.1) is 0 Å². The summed E-state index contributed by atoms with van der Waals surface area (Å²) in [5, 5.41) is 0. The highest BCUT2D eigenvalue weighted by molar-refractivity contribution is 7.82. The Bertz CT molecular complexity index is 947. The van der Waals surface area contributed by atoms with E-state index in [1.54, 1.807) is 30.3 Å². The zero-order valence-corrected chi connectivity index (χ0v) is 13.7. The smallest absolute Gasteiger partial charge is 0.352 e. The SMILES string of the molecule is O=S(=O)(OC(=Cc1ccccc1)c1ccccc1)Oc1ncncn1. The molecule has 8 heteroatoms. The fourth-order valence-electron chi connectivity index (χ4n) is 1.95. The van der Waals surface area contributed by atoms with Crippen LogP contribution in [0.1, 0.15) is 11.1 Å². The predicted molar refractivity (Wildman–Crippen MR) is 91.2 cm³/mol. The van der Waals surface area contributed by atoms with E-state index in [1.807, 2.05) is 36.4 Å². The van der Waals surface area contributed by atoms with E-state index in [4.69, 9.17) is 8.37 Å². The standard InChI is InChI=1S/C17H13N3O4S/c21-25(22,24-17-19-12-18-13-20-17)23-16(15-9-5-2-6-10-15)11-14-7-3-1-4-8-14/h1-13H. The zero-order chi connectivity index (χ0) is 17.5. The maximum absolute atomic E-state index is 12.2. The molecule has 0 aliphatic heterocycles. The first kappa shape index (κ1) is 16.6. The van der Waals surface area contributed by atoms with Crippen molar-refractivity contribution in [3.05, 3.63) is 84.4 Å². The first-order valence-electron chi connectivity index (χ1n) is 7.20. The molecule has 0 aliphatic carbocycles. The minimum absolute atomic E-state index is 0.112. The van der Waals surface area contributed by atoms with Crippen molar-refractivity contribution in [1.29, 1.82) is 0 Å². The van der Waals surface area contributed by atoms with E-state index in [-0.39, 0.29) is 11.8 Å². The van der Waals surface area contributed by atoms with Gasteiger partial charge in [0.15, 0.2) is 5.76 Å². The summed E-state index contributed by atoms with van der Waals surface area (Å²) in [5.41, 5.74) is 1.35. The van der Waals surface area contributed by atoms with Crippen molar-refractivity contribution in [2.75, 3.05) is 0 Å². The average molecular weight is 355 g/mol. The number of nitrogens with zero attached hydrogens (tertiary/aromatic N) is 3. The number of hydrogen-bond acceptors (Lipinski definition) is 7. The van der Waals surface area contributed by atoms with Crippen LogP contribution in [0.15, 0.2) is 73.3 Å². The highest BCUT2D eigenvalue weighted by Crippen LogP contribution is 2.22. The lowest BCUT2D eigenvalue weighted by molar-refractivity contribution is 0.365. The van der Waals surface area contributed by atoms with E-state index in [1.165, 1.54) is 0 Å². The maximum Gasteiger partial charge on any atom is 0.503 e. The van der Waals surface area contributed by atoms with Gasteiger partial charge in [0.1, 0.15) is 12.7 Å². The van der Waals surface area contributed by atoms with Gasteiger partial charge >= 0.3 is 16.4 Å². The summed E-state index contributed by atoms with van der Waals surface area (Å²) in [4.78, 5) is 10.8. The fraction of sp³-hybridized carbons (Fsp3) is 0. The van der Waals surface area contributed by atoms with Crippen molar-refractivity contribution in [2.24, 2.45) is 0 Å². The highest BCUT2D eigenvalue weighted by atomic mass is 32.3. The quantitative estimate of drug-likeness (QED) is 0.496. The first-order chi connectivity index (χ1) is 12.1. The van der Waals surface area contributed by atoms with E-state index >= 15 is 0 Å². The van der Waals surface area contributed by atoms with Crippen LogP contribution in [-0.4, -0.2) is 23.4 Å². The van der Waals surface area contributed by atoms with Crippen molar-refractivity contribution < 1.29 is 16.8 Å². The third-order valence-electron chi connectivity index (χ3n) is 2.99. The molecule has 0 amide bonds.